The van der Waals surface area contributed by atoms with Crippen LogP contribution in [0.3, 0.4) is 0 Å². The van der Waals surface area contributed by atoms with Gasteiger partial charge in [-0.15, -0.1) is 0 Å². The number of carbonyl (C=O) groups is 3. The van der Waals surface area contributed by atoms with E-state index < -0.39 is 33.7 Å². The van der Waals surface area contributed by atoms with Crippen LogP contribution in [0.25, 0.3) is 0 Å². The number of esters is 1. The van der Waals surface area contributed by atoms with Crippen LogP contribution < -0.4 is 69.5 Å². The zero-order valence-electron chi connectivity index (χ0n) is 22.4. The van der Waals surface area contributed by atoms with E-state index in [1.807, 2.05) is 0 Å². The Morgan fingerprint density at radius 1 is 0.861 bits per heavy atom. The van der Waals surface area contributed by atoms with Gasteiger partial charge in [-0.2, -0.15) is 0 Å². The van der Waals surface area contributed by atoms with Gasteiger partial charge in [-0.05, 0) is 32.1 Å². The van der Waals surface area contributed by atoms with Crippen LogP contribution in [0, 0.1) is 0 Å². The first-order valence-corrected chi connectivity index (χ1v) is 13.9. The molecule has 0 rings (SSSR count). The van der Waals surface area contributed by atoms with Crippen molar-refractivity contribution in [3.05, 3.63) is 12.2 Å². The van der Waals surface area contributed by atoms with Crippen LogP contribution in [0.4, 0.5) is 0 Å². The maximum Gasteiger partial charge on any atom is 1.00 e. The van der Waals surface area contributed by atoms with Gasteiger partial charge < -0.3 is 24.5 Å². The summed E-state index contributed by atoms with van der Waals surface area (Å²) < 4.78 is 37.4. The van der Waals surface area contributed by atoms with Crippen molar-refractivity contribution in [3.8, 4) is 0 Å². The van der Waals surface area contributed by atoms with E-state index in [0.29, 0.717) is 6.42 Å². The molecule has 198 valence electrons. The first kappa shape index (κ1) is 40.6. The molecule has 1 amide bonds. The van der Waals surface area contributed by atoms with E-state index in [0.717, 1.165) is 38.5 Å². The van der Waals surface area contributed by atoms with Crippen LogP contribution in [0.15, 0.2) is 12.2 Å². The van der Waals surface area contributed by atoms with Gasteiger partial charge in [0.25, 0.3) is 0 Å². The first-order valence-electron chi connectivity index (χ1n) is 12.4. The van der Waals surface area contributed by atoms with E-state index in [4.69, 9.17) is 0 Å². The number of carbonyl (C=O) groups excluding carboxylic acids is 3. The van der Waals surface area contributed by atoms with Gasteiger partial charge in [-0.25, -0.2) is 8.42 Å². The molecule has 0 saturated heterocycles. The van der Waals surface area contributed by atoms with Crippen molar-refractivity contribution >= 4 is 28.0 Å². The summed E-state index contributed by atoms with van der Waals surface area (Å²) in [5.74, 6) is -3.54. The number of amides is 1. The smallest absolute Gasteiger partial charge is 0.747 e. The minimum atomic E-state index is -5.18. The summed E-state index contributed by atoms with van der Waals surface area (Å²) in [6, 6.07) is 0. The summed E-state index contributed by atoms with van der Waals surface area (Å²) in [7, 11) is -5.18. The van der Waals surface area contributed by atoms with Crippen LogP contribution in [-0.2, 0) is 29.2 Å². The fraction of sp³-hybridized carbons (Fsp3) is 0.792. The third kappa shape index (κ3) is 25.7. The number of rotatable bonds is 22. The van der Waals surface area contributed by atoms with Crippen LogP contribution >= 0.6 is 0 Å². The van der Waals surface area contributed by atoms with Crippen molar-refractivity contribution in [2.45, 2.75) is 108 Å². The molecule has 0 aromatic heterocycles. The van der Waals surface area contributed by atoms with Crippen molar-refractivity contribution in [1.29, 1.82) is 0 Å². The molecule has 36 heavy (non-hydrogen) atoms. The van der Waals surface area contributed by atoms with E-state index in [1.165, 1.54) is 44.9 Å². The van der Waals surface area contributed by atoms with Gasteiger partial charge in [0.05, 0.1) is 6.54 Å². The second-order valence-corrected chi connectivity index (χ2v) is 9.96. The number of unbranched alkanes of at least 4 members (excludes halogenated alkanes) is 11. The van der Waals surface area contributed by atoms with Crippen LogP contribution in [0.2, 0.25) is 0 Å². The zero-order chi connectivity index (χ0) is 25.7. The normalized spacial score (nSPS) is 11.8. The molecule has 0 aliphatic carbocycles. The number of hydrogen-bond acceptors (Lipinski definition) is 8. The average Bonchev–Trinajstić information content (AvgIpc) is 2.76. The SMILES string of the molecule is CCCCCCCC/C=C/CCCCCCCC(=O)NCCOC(=O)C(CC(=O)[O-])S(=O)(=O)[O-].[Na+].[Na+]. The number of ether oxygens (including phenoxy) is 1. The average molecular weight is 550 g/mol. The van der Waals surface area contributed by atoms with Crippen LogP contribution in [0.1, 0.15) is 103 Å². The predicted octanol–water partition coefficient (Wildman–Crippen LogP) is -3.25. The Labute approximate surface area is 261 Å². The molecule has 1 atom stereocenters. The quantitative estimate of drug-likeness (QED) is 0.0486. The molecule has 0 fully saturated rings. The summed E-state index contributed by atoms with van der Waals surface area (Å²) in [5, 5.41) is 10.6. The Hall–Kier alpha value is 0.0600. The van der Waals surface area contributed by atoms with E-state index >= 15 is 0 Å². The van der Waals surface area contributed by atoms with Crippen molar-refractivity contribution in [2.75, 3.05) is 13.2 Å². The standard InChI is InChI=1S/C24H43NO8S.2Na/c1-2-3-4-5-6-7-8-9-10-11-12-13-14-15-16-17-22(26)25-18-19-33-24(29)21(20-23(27)28)34(30,31)32;;/h9-10,21H,2-8,11-20H2,1H3,(H,25,26)(H,27,28)(H,30,31,32);;/q;2*+1/p-2/b10-9+;;. The van der Waals surface area contributed by atoms with Crippen LogP contribution in [0.5, 0.6) is 0 Å². The third-order valence-electron chi connectivity index (χ3n) is 5.30. The maximum atomic E-state index is 11.8. The molecule has 1 N–H and O–H groups in total. The van der Waals surface area contributed by atoms with Gasteiger partial charge in [-0.1, -0.05) is 70.4 Å². The summed E-state index contributed by atoms with van der Waals surface area (Å²) in [6.07, 6.45) is 18.8. The van der Waals surface area contributed by atoms with E-state index in [-0.39, 0.29) is 78.2 Å². The summed E-state index contributed by atoms with van der Waals surface area (Å²) >= 11 is 0. The summed E-state index contributed by atoms with van der Waals surface area (Å²) in [6.45, 7) is 1.80. The molecule has 0 aromatic rings. The van der Waals surface area contributed by atoms with Gasteiger partial charge in [0.2, 0.25) is 5.91 Å². The minimum absolute atomic E-state index is 0. The predicted molar refractivity (Wildman–Crippen MR) is 127 cm³/mol. The largest absolute Gasteiger partial charge is 1.00 e. The Morgan fingerprint density at radius 3 is 1.86 bits per heavy atom. The molecule has 0 heterocycles. The summed E-state index contributed by atoms with van der Waals surface area (Å²) in [5.41, 5.74) is 0. The Kier molecular flexibility index (Phi) is 30.0. The number of carboxylic acids is 1. The number of allylic oxidation sites excluding steroid dienone is 2. The molecule has 1 unspecified atom stereocenters. The van der Waals surface area contributed by atoms with Gasteiger partial charge in [0, 0.05) is 18.8 Å². The molecule has 9 nitrogen and oxygen atoms in total. The molecule has 0 saturated carbocycles. The molecular formula is C24H41NNa2O8S. The fourth-order valence-electron chi connectivity index (χ4n) is 3.33. The number of hydrogen-bond donors (Lipinski definition) is 1. The van der Waals surface area contributed by atoms with E-state index in [1.54, 1.807) is 0 Å². The van der Waals surface area contributed by atoms with Crippen molar-refractivity contribution in [2.24, 2.45) is 0 Å². The molecule has 12 heteroatoms. The van der Waals surface area contributed by atoms with Gasteiger partial charge in [0.15, 0.2) is 5.25 Å². The second kappa shape index (κ2) is 26.7. The van der Waals surface area contributed by atoms with Crippen LogP contribution in [-0.4, -0.2) is 49.2 Å². The first-order chi connectivity index (χ1) is 16.2. The molecular weight excluding hydrogens is 508 g/mol. The second-order valence-electron chi connectivity index (χ2n) is 8.41. The Balaban J connectivity index is -0.00000544. The zero-order valence-corrected chi connectivity index (χ0v) is 27.2. The van der Waals surface area contributed by atoms with Gasteiger partial charge >= 0.3 is 65.1 Å². The Morgan fingerprint density at radius 2 is 1.36 bits per heavy atom. The van der Waals surface area contributed by atoms with E-state index in [2.05, 4.69) is 29.1 Å². The molecule has 0 aliphatic heterocycles. The molecule has 0 aliphatic rings. The fourth-order valence-corrected chi connectivity index (χ4v) is 3.98. The summed E-state index contributed by atoms with van der Waals surface area (Å²) in [4.78, 5) is 33.8. The molecule has 0 radical (unpaired) electrons. The maximum absolute atomic E-state index is 11.8. The topological polar surface area (TPSA) is 153 Å². The van der Waals surface area contributed by atoms with Crippen molar-refractivity contribution < 1.29 is 96.3 Å². The van der Waals surface area contributed by atoms with Gasteiger partial charge in [0.1, 0.15) is 16.7 Å². The minimum Gasteiger partial charge on any atom is -0.747 e. The van der Waals surface area contributed by atoms with Gasteiger partial charge in [-0.3, -0.25) is 9.59 Å². The number of aliphatic carboxylic acids is 1. The number of carboxylic acid groups (broad SMARTS) is 1. The Bertz CT molecular complexity index is 717. The van der Waals surface area contributed by atoms with E-state index in [9.17, 15) is 32.5 Å². The molecule has 0 bridgehead atoms. The molecule has 0 aromatic carbocycles. The third-order valence-corrected chi connectivity index (χ3v) is 6.35. The number of nitrogens with one attached hydrogen (secondary N) is 1. The molecule has 0 spiro atoms. The van der Waals surface area contributed by atoms with Crippen molar-refractivity contribution in [1.82, 2.24) is 5.32 Å². The monoisotopic (exact) mass is 549 g/mol. The van der Waals surface area contributed by atoms with Crippen molar-refractivity contribution in [3.63, 3.8) is 0 Å².